The van der Waals surface area contributed by atoms with Crippen LogP contribution in [0.1, 0.15) is 47.2 Å². The summed E-state index contributed by atoms with van der Waals surface area (Å²) in [6, 6.07) is 2.82. The van der Waals surface area contributed by atoms with E-state index in [1.54, 1.807) is 0 Å². The summed E-state index contributed by atoms with van der Waals surface area (Å²) < 4.78 is 19.0. The first-order valence-corrected chi connectivity index (χ1v) is 9.44. The molecular weight excluding hydrogens is 379 g/mol. The van der Waals surface area contributed by atoms with Crippen molar-refractivity contribution in [3.63, 3.8) is 0 Å². The van der Waals surface area contributed by atoms with Gasteiger partial charge in [0.1, 0.15) is 11.4 Å². The molecule has 0 radical (unpaired) electrons. The van der Waals surface area contributed by atoms with Gasteiger partial charge in [-0.05, 0) is 37.9 Å². The zero-order chi connectivity index (χ0) is 20.8. The van der Waals surface area contributed by atoms with Crippen LogP contribution in [0.15, 0.2) is 18.3 Å². The van der Waals surface area contributed by atoms with E-state index in [-0.39, 0.29) is 46.3 Å². The average Bonchev–Trinajstić information content (AvgIpc) is 3.17. The number of methoxy groups -OCH3 is 1. The van der Waals surface area contributed by atoms with Crippen LogP contribution in [0.4, 0.5) is 4.39 Å². The molecule has 2 aliphatic rings. The van der Waals surface area contributed by atoms with Gasteiger partial charge in [0.2, 0.25) is 0 Å². The van der Waals surface area contributed by atoms with Crippen LogP contribution in [-0.4, -0.2) is 51.9 Å². The average molecular weight is 400 g/mol. The van der Waals surface area contributed by atoms with Crippen LogP contribution in [0.3, 0.4) is 0 Å². The summed E-state index contributed by atoms with van der Waals surface area (Å²) in [5.41, 5.74) is 0.352. The molecule has 2 N–H and O–H groups in total. The fraction of sp³-hybridized carbons (Fsp3) is 0.450. The second kappa shape index (κ2) is 7.14. The van der Waals surface area contributed by atoms with Crippen LogP contribution in [-0.2, 0) is 9.53 Å². The number of piperidine rings is 1. The molecule has 1 saturated heterocycles. The highest BCUT2D eigenvalue weighted by Crippen LogP contribution is 2.51. The second-order valence-corrected chi connectivity index (χ2v) is 7.69. The molecule has 8 nitrogen and oxygen atoms in total. The molecule has 1 aliphatic heterocycles. The molecule has 152 valence electrons. The molecule has 3 atom stereocenters. The quantitative estimate of drug-likeness (QED) is 0.582. The molecule has 0 bridgehead atoms. The number of nitrogens with zero attached hydrogens (tertiary/aromatic N) is 2. The number of carbonyl (C=O) groups excluding carboxylic acids is 3. The standard InChI is InChI=1S/C20H21FN4O4/c1-10(26)15-5-12(14(21)9-22-15)16-6-17(25-24-16)18(27)13-8-20(13)7-11(3-4-23-20)19(28)29-2/h5-6,9,11,13,23H,3-4,7-8H2,1-2H3,(H,24,25). The van der Waals surface area contributed by atoms with Gasteiger partial charge in [-0.25, -0.2) is 4.39 Å². The van der Waals surface area contributed by atoms with Gasteiger partial charge in [-0.15, -0.1) is 0 Å². The second-order valence-electron chi connectivity index (χ2n) is 7.69. The van der Waals surface area contributed by atoms with E-state index in [0.717, 1.165) is 6.20 Å². The van der Waals surface area contributed by atoms with Crippen LogP contribution in [0.25, 0.3) is 11.3 Å². The number of ether oxygens (including phenoxy) is 1. The summed E-state index contributed by atoms with van der Waals surface area (Å²) >= 11 is 0. The molecule has 2 fully saturated rings. The number of halogens is 1. The van der Waals surface area contributed by atoms with E-state index in [1.807, 2.05) is 0 Å². The molecular formula is C20H21FN4O4. The number of ketones is 2. The lowest BCUT2D eigenvalue weighted by Crippen LogP contribution is -2.45. The summed E-state index contributed by atoms with van der Waals surface area (Å²) in [7, 11) is 1.37. The van der Waals surface area contributed by atoms with Crippen LogP contribution in [0.5, 0.6) is 0 Å². The molecule has 3 unspecified atom stereocenters. The van der Waals surface area contributed by atoms with Gasteiger partial charge in [0.05, 0.1) is 24.9 Å². The number of aromatic nitrogens is 3. The number of H-pyrrole nitrogens is 1. The third-order valence-corrected chi connectivity index (χ3v) is 5.84. The van der Waals surface area contributed by atoms with E-state index in [2.05, 4.69) is 20.5 Å². The predicted octanol–water partition coefficient (Wildman–Crippen LogP) is 1.93. The third-order valence-electron chi connectivity index (χ3n) is 5.84. The van der Waals surface area contributed by atoms with Gasteiger partial charge in [-0.2, -0.15) is 5.10 Å². The van der Waals surface area contributed by atoms with Gasteiger partial charge in [0, 0.05) is 23.9 Å². The molecule has 3 heterocycles. The maximum Gasteiger partial charge on any atom is 0.308 e. The van der Waals surface area contributed by atoms with Crippen molar-refractivity contribution >= 4 is 17.5 Å². The topological polar surface area (TPSA) is 114 Å². The number of Topliss-reactive ketones (excluding diaryl/α,β-unsaturated/α-hetero) is 2. The highest BCUT2D eigenvalue weighted by Gasteiger charge is 2.60. The van der Waals surface area contributed by atoms with Crippen LogP contribution in [0.2, 0.25) is 0 Å². The lowest BCUT2D eigenvalue weighted by molar-refractivity contribution is -0.146. The largest absolute Gasteiger partial charge is 0.469 e. The van der Waals surface area contributed by atoms with Gasteiger partial charge in [0.15, 0.2) is 17.4 Å². The molecule has 9 heteroatoms. The Hall–Kier alpha value is -2.94. The number of hydrogen-bond acceptors (Lipinski definition) is 7. The van der Waals surface area contributed by atoms with Gasteiger partial charge in [-0.3, -0.25) is 24.5 Å². The van der Waals surface area contributed by atoms with Gasteiger partial charge in [-0.1, -0.05) is 0 Å². The summed E-state index contributed by atoms with van der Waals surface area (Å²) in [5, 5.41) is 10.1. The summed E-state index contributed by atoms with van der Waals surface area (Å²) in [4.78, 5) is 40.1. The minimum atomic E-state index is -0.615. The fourth-order valence-electron chi connectivity index (χ4n) is 4.15. The number of carbonyl (C=O) groups is 3. The zero-order valence-electron chi connectivity index (χ0n) is 16.1. The normalized spacial score (nSPS) is 25.6. The van der Waals surface area contributed by atoms with Crippen molar-refractivity contribution < 1.29 is 23.5 Å². The van der Waals surface area contributed by atoms with Crippen LogP contribution in [0, 0.1) is 17.7 Å². The molecule has 29 heavy (non-hydrogen) atoms. The first kappa shape index (κ1) is 19.4. The number of pyridine rings is 1. The van der Waals surface area contributed by atoms with Crippen molar-refractivity contribution in [2.75, 3.05) is 13.7 Å². The van der Waals surface area contributed by atoms with Crippen LogP contribution >= 0.6 is 0 Å². The fourth-order valence-corrected chi connectivity index (χ4v) is 4.15. The van der Waals surface area contributed by atoms with E-state index in [4.69, 9.17) is 4.74 Å². The predicted molar refractivity (Wildman–Crippen MR) is 99.7 cm³/mol. The van der Waals surface area contributed by atoms with Crippen molar-refractivity contribution in [3.8, 4) is 11.3 Å². The molecule has 4 rings (SSSR count). The highest BCUT2D eigenvalue weighted by molar-refractivity contribution is 6.00. The molecule has 0 amide bonds. The van der Waals surface area contributed by atoms with Crippen molar-refractivity contribution in [1.29, 1.82) is 0 Å². The van der Waals surface area contributed by atoms with E-state index in [9.17, 15) is 18.8 Å². The van der Waals surface area contributed by atoms with Crippen molar-refractivity contribution in [2.24, 2.45) is 11.8 Å². The first-order valence-electron chi connectivity index (χ1n) is 9.44. The number of hydrogen-bond donors (Lipinski definition) is 2. The Labute approximate surface area is 166 Å². The Morgan fingerprint density at radius 3 is 2.76 bits per heavy atom. The first-order chi connectivity index (χ1) is 13.8. The number of rotatable bonds is 5. The molecule has 1 spiro atoms. The van der Waals surface area contributed by atoms with Gasteiger partial charge in [0.25, 0.3) is 0 Å². The third kappa shape index (κ3) is 3.46. The molecule has 0 aromatic carbocycles. The van der Waals surface area contributed by atoms with Crippen molar-refractivity contribution in [2.45, 2.75) is 31.7 Å². The SMILES string of the molecule is COC(=O)C1CCNC2(C1)CC2C(=O)c1cc(-c2cc(C(C)=O)ncc2F)[nH]n1. The Morgan fingerprint density at radius 1 is 1.24 bits per heavy atom. The van der Waals surface area contributed by atoms with E-state index >= 15 is 0 Å². The van der Waals surface area contributed by atoms with E-state index < -0.39 is 11.4 Å². The Kier molecular flexibility index (Phi) is 4.77. The van der Waals surface area contributed by atoms with E-state index in [1.165, 1.54) is 26.2 Å². The molecule has 2 aromatic rings. The maximum absolute atomic E-state index is 14.2. The molecule has 1 saturated carbocycles. The zero-order valence-corrected chi connectivity index (χ0v) is 16.1. The van der Waals surface area contributed by atoms with Gasteiger partial charge >= 0.3 is 5.97 Å². The molecule has 1 aliphatic carbocycles. The Morgan fingerprint density at radius 2 is 2.03 bits per heavy atom. The maximum atomic E-state index is 14.2. The van der Waals surface area contributed by atoms with Crippen LogP contribution < -0.4 is 5.32 Å². The lowest BCUT2D eigenvalue weighted by Gasteiger charge is -2.29. The number of aromatic amines is 1. The number of nitrogens with one attached hydrogen (secondary N) is 2. The van der Waals surface area contributed by atoms with E-state index in [0.29, 0.717) is 31.5 Å². The minimum Gasteiger partial charge on any atom is -0.469 e. The highest BCUT2D eigenvalue weighted by atomic mass is 19.1. The smallest absolute Gasteiger partial charge is 0.308 e. The van der Waals surface area contributed by atoms with Crippen molar-refractivity contribution in [3.05, 3.63) is 35.5 Å². The number of esters is 1. The van der Waals surface area contributed by atoms with Gasteiger partial charge < -0.3 is 10.1 Å². The molecule has 2 aromatic heterocycles. The Bertz CT molecular complexity index is 1000. The monoisotopic (exact) mass is 400 g/mol. The van der Waals surface area contributed by atoms with Crippen molar-refractivity contribution in [1.82, 2.24) is 20.5 Å². The lowest BCUT2D eigenvalue weighted by atomic mass is 9.88. The summed E-state index contributed by atoms with van der Waals surface area (Å²) in [6.07, 6.45) is 2.83. The Balaban J connectivity index is 1.53. The summed E-state index contributed by atoms with van der Waals surface area (Å²) in [6.45, 7) is 1.99. The minimum absolute atomic E-state index is 0.129. The summed E-state index contributed by atoms with van der Waals surface area (Å²) in [5.74, 6) is -1.82.